The molecule has 1 N–H and O–H groups in total. The molecule has 2 fully saturated rings. The first kappa shape index (κ1) is 23.9. The van der Waals surface area contributed by atoms with Crippen LogP contribution < -0.4 is 10.1 Å². The van der Waals surface area contributed by atoms with Gasteiger partial charge in [-0.05, 0) is 49.9 Å². The molecule has 2 aliphatic rings. The maximum atomic E-state index is 9.24. The van der Waals surface area contributed by atoms with Crippen LogP contribution in [0.25, 0.3) is 10.3 Å². The van der Waals surface area contributed by atoms with Crippen molar-refractivity contribution in [2.75, 3.05) is 57.8 Å². The first-order chi connectivity index (χ1) is 17.1. The van der Waals surface area contributed by atoms with E-state index < -0.39 is 0 Å². The molecule has 184 valence electrons. The summed E-state index contributed by atoms with van der Waals surface area (Å²) >= 11 is 1.48. The summed E-state index contributed by atoms with van der Waals surface area (Å²) in [4.78, 5) is 19.7. The van der Waals surface area contributed by atoms with Gasteiger partial charge in [-0.2, -0.15) is 15.2 Å². The molecular weight excluding hydrogens is 462 g/mol. The quantitative estimate of drug-likeness (QED) is 0.529. The van der Waals surface area contributed by atoms with E-state index in [-0.39, 0.29) is 0 Å². The largest absolute Gasteiger partial charge is 0.436 e. The van der Waals surface area contributed by atoms with Gasteiger partial charge in [0, 0.05) is 45.3 Å². The van der Waals surface area contributed by atoms with Crippen LogP contribution in [-0.2, 0) is 4.74 Å². The van der Waals surface area contributed by atoms with Gasteiger partial charge in [0.05, 0.1) is 30.4 Å². The molecule has 2 aromatic heterocycles. The predicted octanol–water partition coefficient (Wildman–Crippen LogP) is 3.58. The molecule has 0 saturated carbocycles. The molecule has 4 heterocycles. The van der Waals surface area contributed by atoms with Crippen molar-refractivity contribution in [1.82, 2.24) is 24.8 Å². The van der Waals surface area contributed by atoms with Crippen LogP contribution in [0.4, 0.5) is 5.95 Å². The van der Waals surface area contributed by atoms with E-state index in [4.69, 9.17) is 19.4 Å². The van der Waals surface area contributed by atoms with Crippen molar-refractivity contribution in [2.24, 2.45) is 0 Å². The molecule has 0 spiro atoms. The first-order valence-corrected chi connectivity index (χ1v) is 13.1. The number of rotatable bonds is 7. The molecule has 5 rings (SSSR count). The molecule has 0 amide bonds. The molecule has 0 aliphatic carbocycles. The highest BCUT2D eigenvalue weighted by atomic mass is 32.1. The van der Waals surface area contributed by atoms with Crippen molar-refractivity contribution >= 4 is 27.6 Å². The van der Waals surface area contributed by atoms with Crippen LogP contribution in [0.3, 0.4) is 0 Å². The highest BCUT2D eigenvalue weighted by Crippen LogP contribution is 2.34. The van der Waals surface area contributed by atoms with Crippen molar-refractivity contribution in [2.45, 2.75) is 32.7 Å². The number of piperidine rings is 1. The molecule has 0 unspecified atom stereocenters. The fraction of sp³-hybridized carbons (Fsp3) is 0.520. The van der Waals surface area contributed by atoms with Gasteiger partial charge < -0.3 is 19.7 Å². The van der Waals surface area contributed by atoms with Crippen molar-refractivity contribution in [1.29, 1.82) is 5.26 Å². The Kier molecular flexibility index (Phi) is 7.39. The Hall–Kier alpha value is -2.84. The third-order valence-corrected chi connectivity index (χ3v) is 7.43. The van der Waals surface area contributed by atoms with Crippen LogP contribution in [0.15, 0.2) is 17.6 Å². The van der Waals surface area contributed by atoms with Gasteiger partial charge in [-0.1, -0.05) is 0 Å². The van der Waals surface area contributed by atoms with Gasteiger partial charge in [0.2, 0.25) is 5.95 Å². The number of hydrogen-bond acceptors (Lipinski definition) is 10. The number of nitrogens with one attached hydrogen (secondary N) is 1. The zero-order chi connectivity index (χ0) is 24.2. The minimum absolute atomic E-state index is 0.325. The molecule has 0 bridgehead atoms. The lowest BCUT2D eigenvalue weighted by Crippen LogP contribution is -2.45. The summed E-state index contributed by atoms with van der Waals surface area (Å²) in [6.45, 7) is 12.0. The Balaban J connectivity index is 1.24. The maximum Gasteiger partial charge on any atom is 0.252 e. The second-order valence-corrected chi connectivity index (χ2v) is 10.1. The monoisotopic (exact) mass is 493 g/mol. The van der Waals surface area contributed by atoms with E-state index in [9.17, 15) is 5.26 Å². The summed E-state index contributed by atoms with van der Waals surface area (Å²) in [7, 11) is 0. The van der Waals surface area contributed by atoms with Gasteiger partial charge in [0.25, 0.3) is 5.88 Å². The van der Waals surface area contributed by atoms with Crippen LogP contribution >= 0.6 is 11.3 Å². The summed E-state index contributed by atoms with van der Waals surface area (Å²) < 4.78 is 11.7. The van der Waals surface area contributed by atoms with E-state index in [0.29, 0.717) is 34.7 Å². The molecule has 35 heavy (non-hydrogen) atoms. The second-order valence-electron chi connectivity index (χ2n) is 9.23. The highest BCUT2D eigenvalue weighted by molar-refractivity contribution is 7.16. The third kappa shape index (κ3) is 5.70. The van der Waals surface area contributed by atoms with Gasteiger partial charge in [-0.3, -0.25) is 4.90 Å². The molecule has 3 aromatic rings. The van der Waals surface area contributed by atoms with E-state index in [0.717, 1.165) is 81.3 Å². The molecule has 1 aromatic carbocycles. The van der Waals surface area contributed by atoms with Crippen LogP contribution in [0.1, 0.15) is 29.5 Å². The van der Waals surface area contributed by atoms with Gasteiger partial charge >= 0.3 is 0 Å². The SMILES string of the molecule is Cc1cc(C#N)cc(C)c1Oc1nc(NC2CCN(CCN3CCOCC3)CC2)nc2scnc12. The minimum Gasteiger partial charge on any atom is -0.436 e. The number of hydrogen-bond donors (Lipinski definition) is 1. The smallest absolute Gasteiger partial charge is 0.252 e. The number of thiazole rings is 1. The fourth-order valence-electron chi connectivity index (χ4n) is 4.74. The number of aromatic nitrogens is 3. The Morgan fingerprint density at radius 3 is 2.46 bits per heavy atom. The van der Waals surface area contributed by atoms with E-state index >= 15 is 0 Å². The number of fused-ring (bicyclic) bond motifs is 1. The Morgan fingerprint density at radius 1 is 1.09 bits per heavy atom. The zero-order valence-electron chi connectivity index (χ0n) is 20.3. The molecule has 10 heteroatoms. The van der Waals surface area contributed by atoms with Gasteiger partial charge in [-0.15, -0.1) is 11.3 Å². The summed E-state index contributed by atoms with van der Waals surface area (Å²) in [5.41, 5.74) is 4.82. The van der Waals surface area contributed by atoms with E-state index in [1.54, 1.807) is 5.51 Å². The summed E-state index contributed by atoms with van der Waals surface area (Å²) in [5, 5.41) is 12.8. The average molecular weight is 494 g/mol. The lowest BCUT2D eigenvalue weighted by molar-refractivity contribution is 0.0322. The average Bonchev–Trinajstić information content (AvgIpc) is 3.35. The topological polar surface area (TPSA) is 99.4 Å². The summed E-state index contributed by atoms with van der Waals surface area (Å²) in [5.74, 6) is 1.72. The fourth-order valence-corrected chi connectivity index (χ4v) is 5.38. The standard InChI is InChI=1S/C25H31N7O2S/c1-17-13-19(15-26)14-18(2)22(17)34-23-21-24(35-16-27-21)30-25(29-23)28-20-3-5-31(6-4-20)7-8-32-9-11-33-12-10-32/h13-14,16,20H,3-12H2,1-2H3,(H,28,29,30). The zero-order valence-corrected chi connectivity index (χ0v) is 21.1. The highest BCUT2D eigenvalue weighted by Gasteiger charge is 2.22. The lowest BCUT2D eigenvalue weighted by atomic mass is 10.1. The summed E-state index contributed by atoms with van der Waals surface area (Å²) in [6.07, 6.45) is 2.11. The molecular formula is C25H31N7O2S. The van der Waals surface area contributed by atoms with Crippen LogP contribution in [0.5, 0.6) is 11.6 Å². The Bertz CT molecular complexity index is 1190. The third-order valence-electron chi connectivity index (χ3n) is 6.71. The van der Waals surface area contributed by atoms with E-state index in [2.05, 4.69) is 26.2 Å². The van der Waals surface area contributed by atoms with Crippen molar-refractivity contribution in [3.63, 3.8) is 0 Å². The molecule has 0 radical (unpaired) electrons. The van der Waals surface area contributed by atoms with E-state index in [1.807, 2.05) is 26.0 Å². The molecule has 2 aliphatic heterocycles. The van der Waals surface area contributed by atoms with Crippen molar-refractivity contribution in [3.05, 3.63) is 34.3 Å². The number of morpholine rings is 1. The number of nitrogens with zero attached hydrogens (tertiary/aromatic N) is 6. The lowest BCUT2D eigenvalue weighted by Gasteiger charge is -2.34. The van der Waals surface area contributed by atoms with Crippen molar-refractivity contribution < 1.29 is 9.47 Å². The Labute approximate surface area is 209 Å². The number of benzene rings is 1. The number of anilines is 1. The normalized spacial score (nSPS) is 18.0. The Morgan fingerprint density at radius 2 is 1.77 bits per heavy atom. The number of likely N-dealkylation sites (tertiary alicyclic amines) is 1. The van der Waals surface area contributed by atoms with Crippen molar-refractivity contribution in [3.8, 4) is 17.7 Å². The van der Waals surface area contributed by atoms with Crippen LogP contribution in [-0.4, -0.2) is 83.3 Å². The van der Waals surface area contributed by atoms with Crippen LogP contribution in [0.2, 0.25) is 0 Å². The first-order valence-electron chi connectivity index (χ1n) is 12.2. The number of nitriles is 1. The van der Waals surface area contributed by atoms with Crippen LogP contribution in [0, 0.1) is 25.2 Å². The minimum atomic E-state index is 0.325. The molecule has 0 atom stereocenters. The molecule has 2 saturated heterocycles. The number of aryl methyl sites for hydroxylation is 2. The molecule has 9 nitrogen and oxygen atoms in total. The maximum absolute atomic E-state index is 9.24. The number of ether oxygens (including phenoxy) is 2. The predicted molar refractivity (Wildman–Crippen MR) is 136 cm³/mol. The van der Waals surface area contributed by atoms with E-state index in [1.165, 1.54) is 11.3 Å². The summed E-state index contributed by atoms with van der Waals surface area (Å²) in [6, 6.07) is 6.17. The van der Waals surface area contributed by atoms with Gasteiger partial charge in [-0.25, -0.2) is 4.98 Å². The van der Waals surface area contributed by atoms with Gasteiger partial charge in [0.15, 0.2) is 10.3 Å². The second kappa shape index (κ2) is 10.8. The van der Waals surface area contributed by atoms with Gasteiger partial charge in [0.1, 0.15) is 5.75 Å².